The van der Waals surface area contributed by atoms with Crippen molar-refractivity contribution in [3.05, 3.63) is 28.8 Å². The van der Waals surface area contributed by atoms with Gasteiger partial charge in [0.15, 0.2) is 11.5 Å². The predicted octanol–water partition coefficient (Wildman–Crippen LogP) is 2.05. The van der Waals surface area contributed by atoms with Gasteiger partial charge in [0.1, 0.15) is 9.88 Å². The number of ether oxygens (including phenoxy) is 3. The summed E-state index contributed by atoms with van der Waals surface area (Å²) < 4.78 is 15.7. The topological polar surface area (TPSA) is 93.2 Å². The van der Waals surface area contributed by atoms with Crippen LogP contribution in [-0.2, 0) is 9.53 Å². The van der Waals surface area contributed by atoms with Gasteiger partial charge in [0.25, 0.3) is 5.91 Å². The first-order valence-corrected chi connectivity index (χ1v) is 11.8. The molecule has 0 bridgehead atoms. The number of rotatable bonds is 10. The number of carbonyl (C=O) groups excluding carboxylic acids is 2. The molecule has 0 unspecified atom stereocenters. The average molecular weight is 477 g/mol. The Hall–Kier alpha value is -2.69. The van der Waals surface area contributed by atoms with Crippen molar-refractivity contribution in [1.29, 1.82) is 0 Å². The number of nitrogens with zero attached hydrogens (tertiary/aromatic N) is 3. The van der Waals surface area contributed by atoms with Crippen molar-refractivity contribution in [3.63, 3.8) is 0 Å². The summed E-state index contributed by atoms with van der Waals surface area (Å²) in [7, 11) is 4.83. The first-order chi connectivity index (χ1) is 16.0. The summed E-state index contributed by atoms with van der Waals surface area (Å²) >= 11 is 1.38. The van der Waals surface area contributed by atoms with Crippen LogP contribution in [0.2, 0.25) is 0 Å². The first-order valence-electron chi connectivity index (χ1n) is 10.9. The molecule has 1 N–H and O–H groups in total. The lowest BCUT2D eigenvalue weighted by molar-refractivity contribution is -0.122. The van der Waals surface area contributed by atoms with Gasteiger partial charge in [-0.1, -0.05) is 0 Å². The van der Waals surface area contributed by atoms with Crippen LogP contribution in [0.3, 0.4) is 0 Å². The lowest BCUT2D eigenvalue weighted by Gasteiger charge is -2.34. The molecule has 1 aromatic carbocycles. The molecule has 2 aromatic rings. The van der Waals surface area contributed by atoms with E-state index in [2.05, 4.69) is 15.2 Å². The minimum absolute atomic E-state index is 0.00347. The number of methoxy groups -OCH3 is 3. The van der Waals surface area contributed by atoms with Gasteiger partial charge in [0.05, 0.1) is 26.5 Å². The highest BCUT2D eigenvalue weighted by Gasteiger charge is 2.26. The van der Waals surface area contributed by atoms with Crippen molar-refractivity contribution in [2.75, 3.05) is 67.2 Å². The summed E-state index contributed by atoms with van der Waals surface area (Å²) in [6.45, 7) is 5.94. The van der Waals surface area contributed by atoms with Gasteiger partial charge in [-0.3, -0.25) is 14.5 Å². The zero-order valence-corrected chi connectivity index (χ0v) is 20.5. The zero-order chi connectivity index (χ0) is 23.8. The van der Waals surface area contributed by atoms with Gasteiger partial charge in [-0.05, 0) is 31.5 Å². The second-order valence-electron chi connectivity index (χ2n) is 7.77. The molecule has 1 aliphatic rings. The van der Waals surface area contributed by atoms with E-state index < -0.39 is 0 Å². The van der Waals surface area contributed by atoms with E-state index in [0.29, 0.717) is 67.9 Å². The number of thiazole rings is 1. The van der Waals surface area contributed by atoms with E-state index >= 15 is 0 Å². The Morgan fingerprint density at radius 2 is 1.82 bits per heavy atom. The summed E-state index contributed by atoms with van der Waals surface area (Å²) in [5.74, 6) is 1.26. The smallest absolute Gasteiger partial charge is 0.265 e. The molecule has 0 aliphatic carbocycles. The van der Waals surface area contributed by atoms with Crippen molar-refractivity contribution in [3.8, 4) is 22.1 Å². The normalized spacial score (nSPS) is 14.2. The van der Waals surface area contributed by atoms with Gasteiger partial charge >= 0.3 is 0 Å². The van der Waals surface area contributed by atoms with E-state index in [1.165, 1.54) is 11.3 Å². The lowest BCUT2D eigenvalue weighted by Crippen LogP contribution is -2.51. The van der Waals surface area contributed by atoms with Crippen molar-refractivity contribution in [2.24, 2.45) is 0 Å². The second-order valence-corrected chi connectivity index (χ2v) is 8.77. The Bertz CT molecular complexity index is 956. The molecule has 1 aliphatic heterocycles. The van der Waals surface area contributed by atoms with E-state index in [1.807, 2.05) is 30.0 Å². The van der Waals surface area contributed by atoms with Crippen LogP contribution in [0.5, 0.6) is 11.5 Å². The van der Waals surface area contributed by atoms with Crippen LogP contribution in [-0.4, -0.2) is 93.8 Å². The molecule has 180 valence electrons. The highest BCUT2D eigenvalue weighted by molar-refractivity contribution is 7.17. The predicted molar refractivity (Wildman–Crippen MR) is 127 cm³/mol. The lowest BCUT2D eigenvalue weighted by atomic mass is 10.2. The Morgan fingerprint density at radius 1 is 1.09 bits per heavy atom. The number of benzene rings is 1. The number of aryl methyl sites for hydroxylation is 1. The van der Waals surface area contributed by atoms with Crippen LogP contribution < -0.4 is 14.8 Å². The molecule has 10 heteroatoms. The molecule has 3 rings (SSSR count). The summed E-state index contributed by atoms with van der Waals surface area (Å²) in [4.78, 5) is 34.4. The fourth-order valence-electron chi connectivity index (χ4n) is 3.64. The van der Waals surface area contributed by atoms with Gasteiger partial charge in [0, 0.05) is 52.0 Å². The number of nitrogens with one attached hydrogen (secondary N) is 1. The zero-order valence-electron chi connectivity index (χ0n) is 19.7. The Balaban J connectivity index is 1.57. The standard InChI is InChI=1S/C23H32N4O5S/c1-16-21(33-22(25-16)17-6-7-18(31-3)19(14-17)32-4)23(29)27-11-9-26(10-12-27)15-20(28)24-8-5-13-30-2/h6-7,14H,5,8-13,15H2,1-4H3,(H,24,28). The van der Waals surface area contributed by atoms with Crippen molar-refractivity contribution in [1.82, 2.24) is 20.1 Å². The van der Waals surface area contributed by atoms with Gasteiger partial charge in [-0.15, -0.1) is 11.3 Å². The van der Waals surface area contributed by atoms with Crippen LogP contribution >= 0.6 is 11.3 Å². The summed E-state index contributed by atoms with van der Waals surface area (Å²) in [5, 5.41) is 3.67. The third kappa shape index (κ3) is 6.43. The van der Waals surface area contributed by atoms with Gasteiger partial charge in [0.2, 0.25) is 5.91 Å². The van der Waals surface area contributed by atoms with Crippen LogP contribution in [0.15, 0.2) is 18.2 Å². The largest absolute Gasteiger partial charge is 0.493 e. The number of amides is 2. The highest BCUT2D eigenvalue weighted by Crippen LogP contribution is 2.35. The molecule has 1 fully saturated rings. The van der Waals surface area contributed by atoms with Crippen molar-refractivity contribution < 1.29 is 23.8 Å². The monoisotopic (exact) mass is 476 g/mol. The maximum absolute atomic E-state index is 13.2. The fraction of sp³-hybridized carbons (Fsp3) is 0.522. The van der Waals surface area contributed by atoms with Crippen LogP contribution in [0.4, 0.5) is 0 Å². The maximum Gasteiger partial charge on any atom is 0.265 e. The van der Waals surface area contributed by atoms with Crippen LogP contribution in [0.1, 0.15) is 21.8 Å². The molecule has 33 heavy (non-hydrogen) atoms. The molecule has 9 nitrogen and oxygen atoms in total. The number of piperazine rings is 1. The molecule has 1 saturated heterocycles. The molecule has 2 heterocycles. The Labute approximate surface area is 198 Å². The number of aromatic nitrogens is 1. The average Bonchev–Trinajstić information content (AvgIpc) is 3.23. The van der Waals surface area contributed by atoms with Crippen LogP contribution in [0.25, 0.3) is 10.6 Å². The quantitative estimate of drug-likeness (QED) is 0.525. The first kappa shape index (κ1) is 24.9. The van der Waals surface area contributed by atoms with Gasteiger partial charge in [-0.25, -0.2) is 4.98 Å². The van der Waals surface area contributed by atoms with Crippen LogP contribution in [0, 0.1) is 6.92 Å². The molecular formula is C23H32N4O5S. The summed E-state index contributed by atoms with van der Waals surface area (Å²) in [5.41, 5.74) is 1.59. The number of carbonyl (C=O) groups is 2. The fourth-order valence-corrected chi connectivity index (χ4v) is 4.67. The molecule has 0 atom stereocenters. The maximum atomic E-state index is 13.2. The van der Waals surface area contributed by atoms with Gasteiger partial charge in [-0.2, -0.15) is 0 Å². The molecule has 2 amide bonds. The van der Waals surface area contributed by atoms with Gasteiger partial charge < -0.3 is 24.4 Å². The third-order valence-electron chi connectivity index (χ3n) is 5.50. The Kier molecular flexibility index (Phi) is 9.04. The molecule has 0 radical (unpaired) electrons. The molecule has 0 saturated carbocycles. The SMILES string of the molecule is COCCCNC(=O)CN1CCN(C(=O)c2sc(-c3ccc(OC)c(OC)c3)nc2C)CC1. The minimum atomic E-state index is -0.0135. The van der Waals surface area contributed by atoms with E-state index in [9.17, 15) is 9.59 Å². The Morgan fingerprint density at radius 3 is 2.48 bits per heavy atom. The van der Waals surface area contributed by atoms with E-state index in [1.54, 1.807) is 21.3 Å². The minimum Gasteiger partial charge on any atom is -0.493 e. The number of hydrogen-bond acceptors (Lipinski definition) is 8. The third-order valence-corrected chi connectivity index (χ3v) is 6.69. The van der Waals surface area contributed by atoms with E-state index in [0.717, 1.165) is 17.0 Å². The van der Waals surface area contributed by atoms with E-state index in [4.69, 9.17) is 14.2 Å². The second kappa shape index (κ2) is 12.0. The van der Waals surface area contributed by atoms with Crippen molar-refractivity contribution in [2.45, 2.75) is 13.3 Å². The summed E-state index contributed by atoms with van der Waals surface area (Å²) in [6, 6.07) is 5.61. The summed E-state index contributed by atoms with van der Waals surface area (Å²) in [6.07, 6.45) is 0.796. The molecule has 1 aromatic heterocycles. The highest BCUT2D eigenvalue weighted by atomic mass is 32.1. The number of hydrogen-bond donors (Lipinski definition) is 1. The van der Waals surface area contributed by atoms with Crippen molar-refractivity contribution >= 4 is 23.2 Å². The molecule has 0 spiro atoms. The van der Waals surface area contributed by atoms with E-state index in [-0.39, 0.29) is 11.8 Å². The molecular weight excluding hydrogens is 444 g/mol.